The number of hydrogen-bond acceptors (Lipinski definition) is 5. The molecule has 12 aromatic rings. The van der Waals surface area contributed by atoms with Gasteiger partial charge in [0, 0.05) is 38.1 Å². The Kier molecular flexibility index (Phi) is 10.7. The fourth-order valence-corrected chi connectivity index (χ4v) is 10.9. The Morgan fingerprint density at radius 2 is 0.773 bits per heavy atom. The van der Waals surface area contributed by atoms with E-state index < -0.39 is 0 Å². The molecule has 0 saturated carbocycles. The number of rotatable bonds is 5. The maximum atomic E-state index is 11.8. The number of nitrogens with zero attached hydrogens (tertiary/aromatic N) is 6. The Labute approximate surface area is 439 Å². The highest BCUT2D eigenvalue weighted by atomic mass is 16.3. The molecular formula is C68H62N6O. The third-order valence-corrected chi connectivity index (χ3v) is 15.3. The van der Waals surface area contributed by atoms with E-state index in [0.29, 0.717) is 39.8 Å². The summed E-state index contributed by atoms with van der Waals surface area (Å²) in [4.78, 5) is 15.4. The molecule has 370 valence electrons. The van der Waals surface area contributed by atoms with Gasteiger partial charge in [0.1, 0.15) is 17.2 Å². The van der Waals surface area contributed by atoms with Crippen LogP contribution in [0.25, 0.3) is 111 Å². The molecule has 0 radical (unpaired) electrons. The summed E-state index contributed by atoms with van der Waals surface area (Å²) >= 11 is 0. The molecule has 75 heavy (non-hydrogen) atoms. The first-order chi connectivity index (χ1) is 35.7. The van der Waals surface area contributed by atoms with E-state index in [1.807, 2.05) is 72.8 Å². The van der Waals surface area contributed by atoms with Gasteiger partial charge in [-0.05, 0) is 105 Å². The lowest BCUT2D eigenvalue weighted by molar-refractivity contribution is 0.590. The second-order valence-electron chi connectivity index (χ2n) is 24.5. The van der Waals surface area contributed by atoms with Gasteiger partial charge in [-0.2, -0.15) is 5.26 Å². The average molecular weight is 979 g/mol. The predicted octanol–water partition coefficient (Wildman–Crippen LogP) is 18.0. The first kappa shape index (κ1) is 47.7. The fraction of sp³-hybridized carbons (Fsp3) is 0.235. The van der Waals surface area contributed by atoms with Crippen molar-refractivity contribution in [1.29, 1.82) is 5.26 Å². The molecule has 7 nitrogen and oxygen atoms in total. The van der Waals surface area contributed by atoms with Crippen LogP contribution in [0.4, 0.5) is 0 Å². The second kappa shape index (κ2) is 16.8. The Hall–Kier alpha value is -8.34. The largest absolute Gasteiger partial charge is 0.454 e. The molecule has 0 unspecified atom stereocenters. The number of nitriles is 1. The minimum absolute atomic E-state index is 0.0810. The van der Waals surface area contributed by atoms with Gasteiger partial charge in [0.15, 0.2) is 23.1 Å². The van der Waals surface area contributed by atoms with Crippen molar-refractivity contribution in [2.75, 3.05) is 0 Å². The average Bonchev–Trinajstić information content (AvgIpc) is 4.09. The number of hydrogen-bond donors (Lipinski definition) is 0. The van der Waals surface area contributed by atoms with Crippen LogP contribution in [0.5, 0.6) is 0 Å². The van der Waals surface area contributed by atoms with Gasteiger partial charge in [-0.15, -0.1) is 0 Å². The van der Waals surface area contributed by atoms with Gasteiger partial charge in [0.05, 0.1) is 44.4 Å². The third kappa shape index (κ3) is 7.89. The van der Waals surface area contributed by atoms with Crippen molar-refractivity contribution in [3.8, 4) is 51.6 Å². The van der Waals surface area contributed by atoms with Gasteiger partial charge in [0.25, 0.3) is 0 Å². The van der Waals surface area contributed by atoms with Gasteiger partial charge in [-0.1, -0.05) is 180 Å². The van der Waals surface area contributed by atoms with Crippen molar-refractivity contribution >= 4 is 65.6 Å². The standard InChI is InChI=1S/C68H62N6O/c1-65(2,3)42-26-30-53-48(34-42)49-35-43(66(4,5)6)27-31-54(49)73(53)57-38-58(74-55-32-28-44(67(7,8)9)36-50(55)51-37-45(68(10,11)12)29-33-56(51)74)59-46-24-19-25-47(60(46)75-61(59)52(57)39-69)64-71-62(40-20-15-13-16-21-40)70-63(72-64)41-22-17-14-18-23-41/h13-38H,1-12H3. The molecule has 0 amide bonds. The second-order valence-corrected chi connectivity index (χ2v) is 24.5. The van der Waals surface area contributed by atoms with Crippen LogP contribution in [0, 0.1) is 11.3 Å². The first-order valence-electron chi connectivity index (χ1n) is 26.2. The summed E-state index contributed by atoms with van der Waals surface area (Å²) in [5, 5.41) is 18.1. The lowest BCUT2D eigenvalue weighted by atomic mass is 9.85. The van der Waals surface area contributed by atoms with E-state index in [1.54, 1.807) is 0 Å². The van der Waals surface area contributed by atoms with Crippen LogP contribution in [0.15, 0.2) is 162 Å². The molecule has 0 saturated heterocycles. The zero-order valence-electron chi connectivity index (χ0n) is 45.1. The van der Waals surface area contributed by atoms with E-state index in [9.17, 15) is 5.26 Å². The van der Waals surface area contributed by atoms with Crippen molar-refractivity contribution in [3.63, 3.8) is 0 Å². The van der Waals surface area contributed by atoms with E-state index >= 15 is 0 Å². The summed E-state index contributed by atoms with van der Waals surface area (Å²) in [7, 11) is 0. The topological polar surface area (TPSA) is 85.5 Å². The van der Waals surface area contributed by atoms with Crippen LogP contribution in [0.1, 0.15) is 111 Å². The zero-order valence-corrected chi connectivity index (χ0v) is 45.1. The molecule has 0 fully saturated rings. The normalized spacial score (nSPS) is 12.8. The molecule has 4 heterocycles. The van der Waals surface area contributed by atoms with E-state index in [2.05, 4.69) is 183 Å². The Morgan fingerprint density at radius 1 is 0.387 bits per heavy atom. The molecular weight excluding hydrogens is 917 g/mol. The van der Waals surface area contributed by atoms with Crippen molar-refractivity contribution in [1.82, 2.24) is 24.1 Å². The number of furan rings is 1. The molecule has 4 aromatic heterocycles. The lowest BCUT2D eigenvalue weighted by Gasteiger charge is -2.20. The number of benzene rings is 8. The molecule has 0 bridgehead atoms. The molecule has 8 aromatic carbocycles. The van der Waals surface area contributed by atoms with Crippen LogP contribution < -0.4 is 0 Å². The van der Waals surface area contributed by atoms with Crippen LogP contribution in [-0.4, -0.2) is 24.1 Å². The molecule has 0 atom stereocenters. The van der Waals surface area contributed by atoms with Gasteiger partial charge >= 0.3 is 0 Å². The summed E-state index contributed by atoms with van der Waals surface area (Å²) in [5.41, 5.74) is 14.4. The summed E-state index contributed by atoms with van der Waals surface area (Å²) in [6, 6.07) is 58.8. The Balaban J connectivity index is 1.25. The molecule has 7 heteroatoms. The van der Waals surface area contributed by atoms with Crippen molar-refractivity contribution in [2.24, 2.45) is 0 Å². The number of fused-ring (bicyclic) bond motifs is 9. The van der Waals surface area contributed by atoms with Crippen LogP contribution >= 0.6 is 0 Å². The van der Waals surface area contributed by atoms with Crippen LogP contribution in [-0.2, 0) is 21.7 Å². The van der Waals surface area contributed by atoms with Gasteiger partial charge in [0.2, 0.25) is 0 Å². The molecule has 0 aliphatic carbocycles. The molecule has 0 aliphatic rings. The Morgan fingerprint density at radius 3 is 1.16 bits per heavy atom. The monoisotopic (exact) mass is 978 g/mol. The Bertz CT molecular complexity index is 4120. The summed E-state index contributed by atoms with van der Waals surface area (Å²) in [6.07, 6.45) is 0. The van der Waals surface area contributed by atoms with Crippen molar-refractivity contribution in [2.45, 2.75) is 105 Å². The third-order valence-electron chi connectivity index (χ3n) is 15.3. The van der Waals surface area contributed by atoms with Crippen LogP contribution in [0.3, 0.4) is 0 Å². The molecule has 0 aliphatic heterocycles. The smallest absolute Gasteiger partial charge is 0.167 e. The summed E-state index contributed by atoms with van der Waals surface area (Å²) in [6.45, 7) is 27.2. The number of aromatic nitrogens is 5. The first-order valence-corrected chi connectivity index (χ1v) is 26.2. The predicted molar refractivity (Wildman–Crippen MR) is 312 cm³/mol. The van der Waals surface area contributed by atoms with Gasteiger partial charge in [-0.3, -0.25) is 0 Å². The molecule has 12 rings (SSSR count). The van der Waals surface area contributed by atoms with E-state index in [4.69, 9.17) is 19.4 Å². The highest BCUT2D eigenvalue weighted by Crippen LogP contribution is 2.47. The van der Waals surface area contributed by atoms with E-state index in [-0.39, 0.29) is 21.7 Å². The van der Waals surface area contributed by atoms with E-state index in [0.717, 1.165) is 66.1 Å². The van der Waals surface area contributed by atoms with Crippen molar-refractivity contribution < 1.29 is 4.42 Å². The van der Waals surface area contributed by atoms with Crippen molar-refractivity contribution in [3.05, 3.63) is 186 Å². The maximum Gasteiger partial charge on any atom is 0.167 e. The lowest BCUT2D eigenvalue weighted by Crippen LogP contribution is -2.10. The molecule has 0 N–H and O–H groups in total. The number of para-hydroxylation sites is 1. The highest BCUT2D eigenvalue weighted by Gasteiger charge is 2.30. The van der Waals surface area contributed by atoms with Crippen LogP contribution in [0.2, 0.25) is 0 Å². The minimum atomic E-state index is -0.0847. The maximum absolute atomic E-state index is 11.8. The van der Waals surface area contributed by atoms with Gasteiger partial charge in [-0.25, -0.2) is 15.0 Å². The zero-order chi connectivity index (χ0) is 52.5. The summed E-state index contributed by atoms with van der Waals surface area (Å²) < 4.78 is 12.1. The highest BCUT2D eigenvalue weighted by molar-refractivity contribution is 6.19. The summed E-state index contributed by atoms with van der Waals surface area (Å²) in [5.74, 6) is 1.58. The van der Waals surface area contributed by atoms with E-state index in [1.165, 1.54) is 33.0 Å². The SMILES string of the molecule is CC(C)(C)c1ccc2c(c1)c1cc(C(C)(C)C)ccc1n2-c1cc(-n2c3ccc(C(C)(C)C)cc3c3cc(C(C)(C)C)ccc32)c2c(oc3c(-c4nc(-c5ccccc5)nc(-c5ccccc5)n4)cccc32)c1C#N. The quantitative estimate of drug-likeness (QED) is 0.171. The minimum Gasteiger partial charge on any atom is -0.454 e. The van der Waals surface area contributed by atoms with Gasteiger partial charge < -0.3 is 13.6 Å². The fourth-order valence-electron chi connectivity index (χ4n) is 10.9. The molecule has 0 spiro atoms.